The van der Waals surface area contributed by atoms with Crippen LogP contribution in [0.25, 0.3) is 0 Å². The van der Waals surface area contributed by atoms with Crippen LogP contribution >= 0.6 is 0 Å². The molecule has 21 heavy (non-hydrogen) atoms. The Morgan fingerprint density at radius 2 is 2.05 bits per heavy atom. The van der Waals surface area contributed by atoms with Crippen molar-refractivity contribution in [2.75, 3.05) is 40.3 Å². The van der Waals surface area contributed by atoms with Crippen molar-refractivity contribution in [3.8, 4) is 6.07 Å². The van der Waals surface area contributed by atoms with Crippen LogP contribution in [-0.2, 0) is 0 Å². The summed E-state index contributed by atoms with van der Waals surface area (Å²) in [4.78, 5) is 4.85. The fraction of sp³-hybridized carbons (Fsp3) is 0.941. The maximum atomic E-state index is 9.60. The van der Waals surface area contributed by atoms with Crippen molar-refractivity contribution in [1.82, 2.24) is 15.1 Å². The van der Waals surface area contributed by atoms with Crippen molar-refractivity contribution < 1.29 is 0 Å². The van der Waals surface area contributed by atoms with Gasteiger partial charge in [-0.25, -0.2) is 0 Å². The molecule has 0 aromatic rings. The van der Waals surface area contributed by atoms with Gasteiger partial charge in [0.1, 0.15) is 5.54 Å². The van der Waals surface area contributed by atoms with E-state index in [4.69, 9.17) is 0 Å². The Morgan fingerprint density at radius 1 is 1.33 bits per heavy atom. The van der Waals surface area contributed by atoms with E-state index >= 15 is 0 Å². The molecule has 0 heterocycles. The Labute approximate surface area is 131 Å². The molecule has 1 aliphatic rings. The van der Waals surface area contributed by atoms with Crippen molar-refractivity contribution in [3.63, 3.8) is 0 Å². The van der Waals surface area contributed by atoms with E-state index in [0.29, 0.717) is 12.0 Å². The van der Waals surface area contributed by atoms with E-state index < -0.39 is 0 Å². The Balaban J connectivity index is 2.65. The third-order valence-corrected chi connectivity index (χ3v) is 4.37. The van der Waals surface area contributed by atoms with Gasteiger partial charge in [0.25, 0.3) is 0 Å². The first-order valence-electron chi connectivity index (χ1n) is 8.47. The monoisotopic (exact) mass is 294 g/mol. The van der Waals surface area contributed by atoms with E-state index in [1.54, 1.807) is 0 Å². The summed E-state index contributed by atoms with van der Waals surface area (Å²) < 4.78 is 0. The molecular formula is C17H34N4. The summed E-state index contributed by atoms with van der Waals surface area (Å²) in [6.07, 6.45) is 4.20. The molecule has 0 radical (unpaired) electrons. The Kier molecular flexibility index (Phi) is 7.65. The normalized spacial score (nSPS) is 26.0. The number of hydrogen-bond acceptors (Lipinski definition) is 4. The average molecular weight is 294 g/mol. The van der Waals surface area contributed by atoms with Gasteiger partial charge < -0.3 is 4.90 Å². The number of likely N-dealkylation sites (N-methyl/N-ethyl adjacent to an activating group) is 1. The molecule has 0 bridgehead atoms. The van der Waals surface area contributed by atoms with Crippen molar-refractivity contribution >= 4 is 0 Å². The van der Waals surface area contributed by atoms with Gasteiger partial charge in [0.05, 0.1) is 6.07 Å². The van der Waals surface area contributed by atoms with Crippen LogP contribution in [0.15, 0.2) is 0 Å². The molecule has 1 fully saturated rings. The van der Waals surface area contributed by atoms with Crippen LogP contribution in [0, 0.1) is 17.2 Å². The summed E-state index contributed by atoms with van der Waals surface area (Å²) in [7, 11) is 4.26. The Bertz CT molecular complexity index is 334. The van der Waals surface area contributed by atoms with Gasteiger partial charge >= 0.3 is 0 Å². The van der Waals surface area contributed by atoms with Gasteiger partial charge in [0, 0.05) is 25.7 Å². The van der Waals surface area contributed by atoms with Crippen molar-refractivity contribution in [2.45, 2.75) is 58.0 Å². The second-order valence-corrected chi connectivity index (χ2v) is 7.21. The molecule has 4 nitrogen and oxygen atoms in total. The molecule has 0 amide bonds. The van der Waals surface area contributed by atoms with E-state index in [-0.39, 0.29) is 5.54 Å². The second-order valence-electron chi connectivity index (χ2n) is 7.21. The van der Waals surface area contributed by atoms with Crippen LogP contribution in [-0.4, -0.2) is 61.7 Å². The van der Waals surface area contributed by atoms with Crippen LogP contribution in [0.1, 0.15) is 46.5 Å². The topological polar surface area (TPSA) is 42.3 Å². The van der Waals surface area contributed by atoms with Crippen LogP contribution < -0.4 is 5.32 Å². The third kappa shape index (κ3) is 5.94. The standard InChI is InChI=1S/C17H34N4/c1-6-9-19-17(14-18)8-7-16(12-17)21(13-15(2)3)11-10-20(4)5/h15-16,19H,6-13H2,1-5H3. The van der Waals surface area contributed by atoms with Crippen LogP contribution in [0.4, 0.5) is 0 Å². The molecule has 0 aliphatic heterocycles. The smallest absolute Gasteiger partial charge is 0.108 e. The van der Waals surface area contributed by atoms with Crippen LogP contribution in [0.5, 0.6) is 0 Å². The lowest BCUT2D eigenvalue weighted by molar-refractivity contribution is 0.157. The lowest BCUT2D eigenvalue weighted by Crippen LogP contribution is -2.46. The maximum absolute atomic E-state index is 9.60. The van der Waals surface area contributed by atoms with E-state index in [9.17, 15) is 5.26 Å². The van der Waals surface area contributed by atoms with Gasteiger partial charge in [-0.05, 0) is 52.2 Å². The Hall–Kier alpha value is -0.630. The zero-order valence-electron chi connectivity index (χ0n) is 14.7. The summed E-state index contributed by atoms with van der Waals surface area (Å²) in [5.41, 5.74) is -0.284. The average Bonchev–Trinajstić information content (AvgIpc) is 2.85. The maximum Gasteiger partial charge on any atom is 0.108 e. The van der Waals surface area contributed by atoms with Gasteiger partial charge in [-0.15, -0.1) is 0 Å². The number of nitriles is 1. The molecule has 0 spiro atoms. The summed E-state index contributed by atoms with van der Waals surface area (Å²) in [5, 5.41) is 13.1. The van der Waals surface area contributed by atoms with E-state index in [1.165, 1.54) is 0 Å². The lowest BCUT2D eigenvalue weighted by Gasteiger charge is -2.32. The fourth-order valence-electron chi connectivity index (χ4n) is 3.22. The highest BCUT2D eigenvalue weighted by molar-refractivity contribution is 5.13. The number of hydrogen-bond donors (Lipinski definition) is 1. The highest BCUT2D eigenvalue weighted by atomic mass is 15.2. The predicted molar refractivity (Wildman–Crippen MR) is 89.2 cm³/mol. The molecular weight excluding hydrogens is 260 g/mol. The van der Waals surface area contributed by atoms with Gasteiger partial charge in [-0.1, -0.05) is 20.8 Å². The zero-order chi connectivity index (χ0) is 15.9. The minimum atomic E-state index is -0.284. The minimum Gasteiger partial charge on any atom is -0.308 e. The SMILES string of the molecule is CCCNC1(C#N)CCC(N(CCN(C)C)CC(C)C)C1. The molecule has 1 aliphatic carbocycles. The molecule has 0 aromatic carbocycles. The van der Waals surface area contributed by atoms with E-state index in [0.717, 1.165) is 51.9 Å². The molecule has 1 rings (SSSR count). The first-order valence-corrected chi connectivity index (χ1v) is 8.47. The number of nitrogens with one attached hydrogen (secondary N) is 1. The number of rotatable bonds is 9. The first-order chi connectivity index (χ1) is 9.92. The van der Waals surface area contributed by atoms with E-state index in [2.05, 4.69) is 56.1 Å². The molecule has 0 aromatic heterocycles. The quantitative estimate of drug-likeness (QED) is 0.709. The highest BCUT2D eigenvalue weighted by Crippen LogP contribution is 2.33. The largest absolute Gasteiger partial charge is 0.308 e. The summed E-state index contributed by atoms with van der Waals surface area (Å²) in [5.74, 6) is 0.674. The molecule has 2 unspecified atom stereocenters. The summed E-state index contributed by atoms with van der Waals surface area (Å²) in [6.45, 7) is 11.0. The van der Waals surface area contributed by atoms with Crippen molar-refractivity contribution in [1.29, 1.82) is 5.26 Å². The van der Waals surface area contributed by atoms with E-state index in [1.807, 2.05) is 0 Å². The molecule has 1 N–H and O–H groups in total. The van der Waals surface area contributed by atoms with Crippen LogP contribution in [0.2, 0.25) is 0 Å². The van der Waals surface area contributed by atoms with Gasteiger partial charge in [-0.2, -0.15) is 5.26 Å². The molecule has 1 saturated carbocycles. The van der Waals surface area contributed by atoms with Crippen molar-refractivity contribution in [3.05, 3.63) is 0 Å². The second kappa shape index (κ2) is 8.73. The van der Waals surface area contributed by atoms with Gasteiger partial charge in [-0.3, -0.25) is 10.2 Å². The summed E-state index contributed by atoms with van der Waals surface area (Å²) >= 11 is 0. The van der Waals surface area contributed by atoms with Crippen molar-refractivity contribution in [2.24, 2.45) is 5.92 Å². The zero-order valence-corrected chi connectivity index (χ0v) is 14.7. The fourth-order valence-corrected chi connectivity index (χ4v) is 3.22. The molecule has 4 heteroatoms. The first kappa shape index (κ1) is 18.4. The lowest BCUT2D eigenvalue weighted by atomic mass is 9.99. The van der Waals surface area contributed by atoms with Crippen LogP contribution in [0.3, 0.4) is 0 Å². The molecule has 0 saturated heterocycles. The van der Waals surface area contributed by atoms with Gasteiger partial charge in [0.2, 0.25) is 0 Å². The Morgan fingerprint density at radius 3 is 2.57 bits per heavy atom. The summed E-state index contributed by atoms with van der Waals surface area (Å²) in [6, 6.07) is 3.12. The minimum absolute atomic E-state index is 0.284. The molecule has 2 atom stereocenters. The third-order valence-electron chi connectivity index (χ3n) is 4.37. The van der Waals surface area contributed by atoms with Gasteiger partial charge in [0.15, 0.2) is 0 Å². The predicted octanol–water partition coefficient (Wildman–Crippen LogP) is 2.32. The number of nitrogens with zero attached hydrogens (tertiary/aromatic N) is 3. The highest BCUT2D eigenvalue weighted by Gasteiger charge is 2.41. The molecule has 122 valence electrons.